The number of nitro groups is 1. The SMILES string of the molecule is CCC(=O)c1ccc(OCC(=O)NC2CCCCC2)c([N+](=O)[O-])c1. The number of hydrogen-bond donors (Lipinski definition) is 1. The van der Waals surface area contributed by atoms with E-state index in [1.54, 1.807) is 6.92 Å². The Kier molecular flexibility index (Phi) is 6.28. The van der Waals surface area contributed by atoms with Gasteiger partial charge in [-0.15, -0.1) is 0 Å². The third-order valence-corrected chi connectivity index (χ3v) is 4.13. The second kappa shape index (κ2) is 8.42. The van der Waals surface area contributed by atoms with Gasteiger partial charge in [-0.3, -0.25) is 19.7 Å². The molecule has 2 rings (SSSR count). The Morgan fingerprint density at radius 2 is 2.00 bits per heavy atom. The van der Waals surface area contributed by atoms with E-state index in [4.69, 9.17) is 4.74 Å². The number of carbonyl (C=O) groups is 2. The van der Waals surface area contributed by atoms with Crippen molar-refractivity contribution in [2.24, 2.45) is 0 Å². The molecule has 130 valence electrons. The molecule has 1 amide bonds. The number of rotatable bonds is 7. The van der Waals surface area contributed by atoms with Crippen molar-refractivity contribution in [2.75, 3.05) is 6.61 Å². The largest absolute Gasteiger partial charge is 0.477 e. The zero-order valence-electron chi connectivity index (χ0n) is 13.7. The monoisotopic (exact) mass is 334 g/mol. The minimum atomic E-state index is -0.610. The minimum absolute atomic E-state index is 0.00792. The van der Waals surface area contributed by atoms with Crippen molar-refractivity contribution < 1.29 is 19.2 Å². The molecule has 0 aromatic heterocycles. The van der Waals surface area contributed by atoms with E-state index in [1.807, 2.05) is 0 Å². The topological polar surface area (TPSA) is 98.5 Å². The number of ketones is 1. The third-order valence-electron chi connectivity index (χ3n) is 4.13. The van der Waals surface area contributed by atoms with Gasteiger partial charge in [-0.05, 0) is 25.0 Å². The summed E-state index contributed by atoms with van der Waals surface area (Å²) in [5.74, 6) is -0.476. The van der Waals surface area contributed by atoms with Crippen molar-refractivity contribution in [1.29, 1.82) is 0 Å². The summed E-state index contributed by atoms with van der Waals surface area (Å²) >= 11 is 0. The summed E-state index contributed by atoms with van der Waals surface area (Å²) in [6, 6.07) is 4.21. The van der Waals surface area contributed by atoms with Gasteiger partial charge < -0.3 is 10.1 Å². The molecule has 1 saturated carbocycles. The fourth-order valence-corrected chi connectivity index (χ4v) is 2.82. The number of nitrogens with zero attached hydrogens (tertiary/aromatic N) is 1. The maximum absolute atomic E-state index is 11.9. The molecule has 0 heterocycles. The van der Waals surface area contributed by atoms with E-state index in [9.17, 15) is 19.7 Å². The van der Waals surface area contributed by atoms with Gasteiger partial charge in [0.2, 0.25) is 0 Å². The minimum Gasteiger partial charge on any atom is -0.477 e. The van der Waals surface area contributed by atoms with Gasteiger partial charge in [-0.1, -0.05) is 26.2 Å². The Morgan fingerprint density at radius 3 is 2.62 bits per heavy atom. The van der Waals surface area contributed by atoms with Gasteiger partial charge >= 0.3 is 5.69 Å². The quantitative estimate of drug-likeness (QED) is 0.469. The molecule has 0 spiro atoms. The highest BCUT2D eigenvalue weighted by Gasteiger charge is 2.20. The van der Waals surface area contributed by atoms with E-state index in [-0.39, 0.29) is 47.8 Å². The molecule has 1 aromatic rings. The fourth-order valence-electron chi connectivity index (χ4n) is 2.82. The third kappa shape index (κ3) is 4.78. The lowest BCUT2D eigenvalue weighted by atomic mass is 9.95. The van der Waals surface area contributed by atoms with Crippen LogP contribution in [-0.2, 0) is 4.79 Å². The zero-order valence-corrected chi connectivity index (χ0v) is 13.7. The highest BCUT2D eigenvalue weighted by Crippen LogP contribution is 2.28. The molecule has 1 aromatic carbocycles. The molecule has 1 fully saturated rings. The summed E-state index contributed by atoms with van der Waals surface area (Å²) in [4.78, 5) is 34.1. The summed E-state index contributed by atoms with van der Waals surface area (Å²) in [5, 5.41) is 14.0. The maximum Gasteiger partial charge on any atom is 0.311 e. The molecule has 0 radical (unpaired) electrons. The second-order valence-corrected chi connectivity index (χ2v) is 5.91. The van der Waals surface area contributed by atoms with Crippen molar-refractivity contribution >= 4 is 17.4 Å². The van der Waals surface area contributed by atoms with Crippen molar-refractivity contribution in [1.82, 2.24) is 5.32 Å². The van der Waals surface area contributed by atoms with Crippen molar-refractivity contribution in [2.45, 2.75) is 51.5 Å². The highest BCUT2D eigenvalue weighted by atomic mass is 16.6. The van der Waals surface area contributed by atoms with Gasteiger partial charge in [0.15, 0.2) is 18.1 Å². The lowest BCUT2D eigenvalue weighted by Crippen LogP contribution is -2.39. The van der Waals surface area contributed by atoms with Crippen molar-refractivity contribution in [3.63, 3.8) is 0 Å². The predicted molar refractivity (Wildman–Crippen MR) is 88.2 cm³/mol. The van der Waals surface area contributed by atoms with Gasteiger partial charge in [-0.25, -0.2) is 0 Å². The normalized spacial score (nSPS) is 14.9. The highest BCUT2D eigenvalue weighted by molar-refractivity contribution is 5.96. The van der Waals surface area contributed by atoms with Crippen LogP contribution in [0.15, 0.2) is 18.2 Å². The fraction of sp³-hybridized carbons (Fsp3) is 0.529. The lowest BCUT2D eigenvalue weighted by molar-refractivity contribution is -0.385. The van der Waals surface area contributed by atoms with Gasteiger partial charge in [-0.2, -0.15) is 0 Å². The van der Waals surface area contributed by atoms with Crippen LogP contribution >= 0.6 is 0 Å². The molecule has 1 aliphatic carbocycles. The van der Waals surface area contributed by atoms with Crippen LogP contribution in [-0.4, -0.2) is 29.3 Å². The number of hydrogen-bond acceptors (Lipinski definition) is 5. The number of amides is 1. The smallest absolute Gasteiger partial charge is 0.311 e. The molecule has 24 heavy (non-hydrogen) atoms. The van der Waals surface area contributed by atoms with Gasteiger partial charge in [0.1, 0.15) is 0 Å². The van der Waals surface area contributed by atoms with E-state index in [0.717, 1.165) is 25.7 Å². The van der Waals surface area contributed by atoms with Crippen LogP contribution in [0.2, 0.25) is 0 Å². The first-order valence-electron chi connectivity index (χ1n) is 8.25. The molecule has 7 heteroatoms. The first-order valence-corrected chi connectivity index (χ1v) is 8.25. The molecule has 0 atom stereocenters. The van der Waals surface area contributed by atoms with Gasteiger partial charge in [0.05, 0.1) is 4.92 Å². The molecule has 1 aliphatic rings. The Balaban J connectivity index is 1.99. The summed E-state index contributed by atoms with van der Waals surface area (Å²) in [6.07, 6.45) is 5.58. The summed E-state index contributed by atoms with van der Waals surface area (Å²) in [6.45, 7) is 1.41. The summed E-state index contributed by atoms with van der Waals surface area (Å²) < 4.78 is 5.31. The number of Topliss-reactive ketones (excluding diaryl/α,β-unsaturated/α-hetero) is 1. The molecular weight excluding hydrogens is 312 g/mol. The Hall–Kier alpha value is -2.44. The predicted octanol–water partition coefficient (Wildman–Crippen LogP) is 3.02. The number of nitro benzene ring substituents is 1. The zero-order chi connectivity index (χ0) is 17.5. The number of ether oxygens (including phenoxy) is 1. The van der Waals surface area contributed by atoms with E-state index in [0.29, 0.717) is 0 Å². The van der Waals surface area contributed by atoms with Crippen LogP contribution in [0, 0.1) is 10.1 Å². The Morgan fingerprint density at radius 1 is 1.29 bits per heavy atom. The van der Waals surface area contributed by atoms with E-state index < -0.39 is 4.92 Å². The second-order valence-electron chi connectivity index (χ2n) is 5.91. The van der Waals surface area contributed by atoms with Crippen molar-refractivity contribution in [3.05, 3.63) is 33.9 Å². The first kappa shape index (κ1) is 17.9. The number of benzene rings is 1. The number of carbonyl (C=O) groups excluding carboxylic acids is 2. The maximum atomic E-state index is 11.9. The molecule has 0 aliphatic heterocycles. The molecule has 7 nitrogen and oxygen atoms in total. The molecule has 0 bridgehead atoms. The number of nitrogens with one attached hydrogen (secondary N) is 1. The summed E-state index contributed by atoms with van der Waals surface area (Å²) in [7, 11) is 0. The van der Waals surface area contributed by atoms with Crippen LogP contribution in [0.5, 0.6) is 5.75 Å². The van der Waals surface area contributed by atoms with Crippen LogP contribution in [0.1, 0.15) is 55.8 Å². The standard InChI is InChI=1S/C17H22N2O5/c1-2-15(20)12-8-9-16(14(10-12)19(22)23)24-11-17(21)18-13-6-4-3-5-7-13/h8-10,13H,2-7,11H2,1H3,(H,18,21). The van der Waals surface area contributed by atoms with Crippen LogP contribution in [0.25, 0.3) is 0 Å². The molecule has 1 N–H and O–H groups in total. The molecule has 0 saturated heterocycles. The molecular formula is C17H22N2O5. The van der Waals surface area contributed by atoms with Crippen LogP contribution in [0.3, 0.4) is 0 Å². The first-order chi connectivity index (χ1) is 11.5. The van der Waals surface area contributed by atoms with E-state index in [1.165, 1.54) is 24.6 Å². The van der Waals surface area contributed by atoms with Crippen LogP contribution in [0.4, 0.5) is 5.69 Å². The van der Waals surface area contributed by atoms with Gasteiger partial charge in [0, 0.05) is 24.1 Å². The average molecular weight is 334 g/mol. The van der Waals surface area contributed by atoms with Gasteiger partial charge in [0.25, 0.3) is 5.91 Å². The summed E-state index contributed by atoms with van der Waals surface area (Å²) in [5.41, 5.74) is -0.0389. The Labute approximate surface area is 140 Å². The van der Waals surface area contributed by atoms with E-state index >= 15 is 0 Å². The Bertz CT molecular complexity index is 623. The lowest BCUT2D eigenvalue weighted by Gasteiger charge is -2.22. The van der Waals surface area contributed by atoms with E-state index in [2.05, 4.69) is 5.32 Å². The average Bonchev–Trinajstić information content (AvgIpc) is 2.60. The van der Waals surface area contributed by atoms with Crippen molar-refractivity contribution in [3.8, 4) is 5.75 Å². The molecule has 0 unspecified atom stereocenters. The van der Waals surface area contributed by atoms with Crippen LogP contribution < -0.4 is 10.1 Å².